The lowest BCUT2D eigenvalue weighted by molar-refractivity contribution is -0.143. The number of benzene rings is 2. The third-order valence-electron chi connectivity index (χ3n) is 4.87. The quantitative estimate of drug-likeness (QED) is 0.283. The number of rotatable bonds is 6. The van der Waals surface area contributed by atoms with Crippen molar-refractivity contribution in [2.45, 2.75) is 85.2 Å². The van der Waals surface area contributed by atoms with Crippen molar-refractivity contribution < 1.29 is 27.4 Å². The van der Waals surface area contributed by atoms with Gasteiger partial charge in [0.1, 0.15) is 5.75 Å². The number of fused-ring (bicyclic) bond motifs is 1. The molecule has 1 N–H and O–H groups in total. The molecule has 3 rings (SSSR count). The van der Waals surface area contributed by atoms with Crippen molar-refractivity contribution in [2.75, 3.05) is 20.8 Å². The number of ether oxygens (including phenoxy) is 2. The highest BCUT2D eigenvalue weighted by Gasteiger charge is 2.31. The van der Waals surface area contributed by atoms with Crippen LogP contribution in [0.5, 0.6) is 5.75 Å². The van der Waals surface area contributed by atoms with E-state index in [-0.39, 0.29) is 12.6 Å². The van der Waals surface area contributed by atoms with E-state index in [1.165, 1.54) is 31.1 Å². The first kappa shape index (κ1) is 37.7. The second-order valence-electron chi connectivity index (χ2n) is 7.30. The summed E-state index contributed by atoms with van der Waals surface area (Å²) in [5, 5.41) is 0. The SMILES string of the molecule is C=C(C)c1cc(SNC)cc(C(F)(F)F)c1.CC.CC.CC.COC(=O)COc1cccc2c1CCCC2. The zero-order valence-corrected chi connectivity index (χ0v) is 25.3. The molecule has 216 valence electrons. The van der Waals surface area contributed by atoms with E-state index >= 15 is 0 Å². The molecule has 0 atom stereocenters. The van der Waals surface area contributed by atoms with Gasteiger partial charge in [0.15, 0.2) is 6.61 Å². The summed E-state index contributed by atoms with van der Waals surface area (Å²) in [6, 6.07) is 9.96. The number of hydrogen-bond donors (Lipinski definition) is 1. The molecule has 0 spiro atoms. The lowest BCUT2D eigenvalue weighted by Gasteiger charge is -2.18. The molecule has 0 aliphatic heterocycles. The molecule has 0 bridgehead atoms. The van der Waals surface area contributed by atoms with Gasteiger partial charge in [0.05, 0.1) is 12.7 Å². The molecule has 0 saturated carbocycles. The number of carbonyl (C=O) groups excluding carboxylic acids is 1. The Morgan fingerprint density at radius 2 is 1.63 bits per heavy atom. The van der Waals surface area contributed by atoms with Gasteiger partial charge in [-0.05, 0) is 92.6 Å². The lowest BCUT2D eigenvalue weighted by atomic mass is 9.91. The van der Waals surface area contributed by atoms with E-state index in [1.54, 1.807) is 20.0 Å². The lowest BCUT2D eigenvalue weighted by Crippen LogP contribution is -2.14. The fourth-order valence-electron chi connectivity index (χ4n) is 3.26. The maximum absolute atomic E-state index is 12.6. The average Bonchev–Trinajstić information content (AvgIpc) is 2.94. The second-order valence-corrected chi connectivity index (χ2v) is 8.38. The Bertz CT molecular complexity index is 947. The Hall–Kier alpha value is -2.45. The monoisotopic (exact) mass is 557 g/mol. The summed E-state index contributed by atoms with van der Waals surface area (Å²) in [4.78, 5) is 11.5. The molecule has 0 saturated heterocycles. The molecule has 1 aliphatic carbocycles. The number of aryl methyl sites for hydroxylation is 1. The van der Waals surface area contributed by atoms with Crippen molar-refractivity contribution in [3.05, 3.63) is 65.2 Å². The van der Waals surface area contributed by atoms with E-state index < -0.39 is 11.7 Å². The van der Waals surface area contributed by atoms with Crippen LogP contribution >= 0.6 is 11.9 Å². The van der Waals surface area contributed by atoms with Gasteiger partial charge in [-0.1, -0.05) is 65.8 Å². The number of methoxy groups -OCH3 is 1. The van der Waals surface area contributed by atoms with Crippen molar-refractivity contribution in [1.82, 2.24) is 4.72 Å². The molecule has 38 heavy (non-hydrogen) atoms. The third-order valence-corrected chi connectivity index (χ3v) is 5.55. The van der Waals surface area contributed by atoms with Crippen LogP contribution in [-0.2, 0) is 28.5 Å². The number of allylic oxidation sites excluding steroid dienone is 1. The first-order valence-electron chi connectivity index (χ1n) is 13.2. The van der Waals surface area contributed by atoms with Crippen LogP contribution in [-0.4, -0.2) is 26.7 Å². The minimum atomic E-state index is -4.32. The molecule has 0 unspecified atom stereocenters. The van der Waals surface area contributed by atoms with Gasteiger partial charge < -0.3 is 9.47 Å². The van der Waals surface area contributed by atoms with Crippen LogP contribution in [0.4, 0.5) is 13.2 Å². The first-order chi connectivity index (χ1) is 18.2. The van der Waals surface area contributed by atoms with Gasteiger partial charge in [-0.3, -0.25) is 4.72 Å². The zero-order valence-electron chi connectivity index (χ0n) is 24.5. The van der Waals surface area contributed by atoms with Crippen molar-refractivity contribution in [1.29, 1.82) is 0 Å². The molecule has 0 fully saturated rings. The number of carbonyl (C=O) groups is 1. The van der Waals surface area contributed by atoms with E-state index in [1.807, 2.05) is 53.7 Å². The van der Waals surface area contributed by atoms with Gasteiger partial charge >= 0.3 is 12.1 Å². The average molecular weight is 558 g/mol. The van der Waals surface area contributed by atoms with Crippen molar-refractivity contribution >= 4 is 23.5 Å². The molecule has 0 aromatic heterocycles. The minimum absolute atomic E-state index is 0.00699. The standard InChI is InChI=1S/C13H16O3.C11H12F3NS.3C2H6/c1-15-13(14)9-16-12-8-4-6-10-5-2-3-7-11(10)12;1-7(2)8-4-9(11(12,13)14)6-10(5-8)16-15-3;3*1-2/h4,6,8H,2-3,5,7,9H2,1H3;4-6,15H,1H2,2-3H3;3*1-2H3. The normalized spacial score (nSPS) is 11.3. The van der Waals surface area contributed by atoms with E-state index in [4.69, 9.17) is 4.74 Å². The van der Waals surface area contributed by atoms with E-state index in [0.717, 1.165) is 42.7 Å². The number of halogens is 3. The van der Waals surface area contributed by atoms with Gasteiger partial charge in [-0.25, -0.2) is 4.79 Å². The van der Waals surface area contributed by atoms with Crippen LogP contribution in [0.3, 0.4) is 0 Å². The van der Waals surface area contributed by atoms with Crippen LogP contribution in [0.25, 0.3) is 5.57 Å². The highest BCUT2D eigenvalue weighted by atomic mass is 32.2. The summed E-state index contributed by atoms with van der Waals surface area (Å²) in [6.45, 7) is 17.3. The molecule has 2 aromatic rings. The van der Waals surface area contributed by atoms with Gasteiger partial charge in [0, 0.05) is 4.90 Å². The first-order valence-corrected chi connectivity index (χ1v) is 14.0. The summed E-state index contributed by atoms with van der Waals surface area (Å²) >= 11 is 1.15. The van der Waals surface area contributed by atoms with Crippen molar-refractivity contribution in [3.63, 3.8) is 0 Å². The van der Waals surface area contributed by atoms with Crippen molar-refractivity contribution in [2.24, 2.45) is 0 Å². The summed E-state index contributed by atoms with van der Waals surface area (Å²) in [5.41, 5.74) is 3.09. The number of alkyl halides is 3. The van der Waals surface area contributed by atoms with Crippen molar-refractivity contribution in [3.8, 4) is 5.75 Å². The molecule has 0 radical (unpaired) electrons. The van der Waals surface area contributed by atoms with E-state index in [9.17, 15) is 18.0 Å². The molecule has 8 heteroatoms. The number of esters is 1. The smallest absolute Gasteiger partial charge is 0.416 e. The number of nitrogens with one attached hydrogen (secondary N) is 1. The third kappa shape index (κ3) is 13.9. The van der Waals surface area contributed by atoms with E-state index in [2.05, 4.69) is 22.1 Å². The fourth-order valence-corrected chi connectivity index (χ4v) is 3.87. The van der Waals surface area contributed by atoms with Crippen LogP contribution in [0.1, 0.15) is 83.6 Å². The van der Waals surface area contributed by atoms with Gasteiger partial charge in [-0.2, -0.15) is 13.2 Å². The van der Waals surface area contributed by atoms with Crippen LogP contribution in [0.15, 0.2) is 47.9 Å². The molecule has 4 nitrogen and oxygen atoms in total. The Morgan fingerprint density at radius 3 is 2.16 bits per heavy atom. The number of hydrogen-bond acceptors (Lipinski definition) is 5. The Balaban J connectivity index is 0. The molecular formula is C30H46F3NO3S. The summed E-state index contributed by atoms with van der Waals surface area (Å²) in [7, 11) is 3.03. The highest BCUT2D eigenvalue weighted by Crippen LogP contribution is 2.34. The van der Waals surface area contributed by atoms with Crippen LogP contribution < -0.4 is 9.46 Å². The predicted molar refractivity (Wildman–Crippen MR) is 156 cm³/mol. The van der Waals surface area contributed by atoms with Crippen LogP contribution in [0, 0.1) is 0 Å². The Labute approximate surface area is 232 Å². The maximum atomic E-state index is 12.6. The van der Waals surface area contributed by atoms with Crippen LogP contribution in [0.2, 0.25) is 0 Å². The highest BCUT2D eigenvalue weighted by molar-refractivity contribution is 7.97. The predicted octanol–water partition coefficient (Wildman–Crippen LogP) is 9.16. The van der Waals surface area contributed by atoms with Gasteiger partial charge in [0.2, 0.25) is 0 Å². The molecule has 0 amide bonds. The molecule has 0 heterocycles. The zero-order chi connectivity index (χ0) is 29.7. The maximum Gasteiger partial charge on any atom is 0.416 e. The molecular weight excluding hydrogens is 511 g/mol. The Kier molecular flexibility index (Phi) is 21.3. The largest absolute Gasteiger partial charge is 0.482 e. The second kappa shape index (κ2) is 21.5. The van der Waals surface area contributed by atoms with E-state index in [0.29, 0.717) is 16.0 Å². The van der Waals surface area contributed by atoms with Gasteiger partial charge in [0.25, 0.3) is 0 Å². The summed E-state index contributed by atoms with van der Waals surface area (Å²) < 4.78 is 50.6. The minimum Gasteiger partial charge on any atom is -0.482 e. The Morgan fingerprint density at radius 1 is 1.03 bits per heavy atom. The fraction of sp³-hybridized carbons (Fsp3) is 0.500. The summed E-state index contributed by atoms with van der Waals surface area (Å²) in [6.07, 6.45) is 0.283. The molecule has 2 aromatic carbocycles. The summed E-state index contributed by atoms with van der Waals surface area (Å²) in [5.74, 6) is 0.496. The van der Waals surface area contributed by atoms with Gasteiger partial charge in [-0.15, -0.1) is 0 Å². The molecule has 1 aliphatic rings. The topological polar surface area (TPSA) is 47.6 Å².